The van der Waals surface area contributed by atoms with E-state index < -0.39 is 9.84 Å². The van der Waals surface area contributed by atoms with Crippen molar-refractivity contribution in [2.45, 2.75) is 20.3 Å². The van der Waals surface area contributed by atoms with Gasteiger partial charge < -0.3 is 0 Å². The second-order valence-electron chi connectivity index (χ2n) is 3.79. The van der Waals surface area contributed by atoms with Crippen molar-refractivity contribution in [2.24, 2.45) is 0 Å². The lowest BCUT2D eigenvalue weighted by Gasteiger charge is -2.03. The Hall–Kier alpha value is -1.30. The Bertz CT molecular complexity index is 509. The molecule has 1 aromatic rings. The van der Waals surface area contributed by atoms with Gasteiger partial charge in [0.2, 0.25) is 0 Å². The zero-order valence-electron chi connectivity index (χ0n) is 9.52. The lowest BCUT2D eigenvalue weighted by Crippen LogP contribution is -2.12. The Morgan fingerprint density at radius 3 is 2.50 bits per heavy atom. The molecule has 0 aliphatic rings. The van der Waals surface area contributed by atoms with Gasteiger partial charge in [-0.1, -0.05) is 0 Å². The summed E-state index contributed by atoms with van der Waals surface area (Å²) in [6.45, 7) is 3.42. The monoisotopic (exact) mass is 242 g/mol. The van der Waals surface area contributed by atoms with Crippen LogP contribution in [0, 0.1) is 13.8 Å². The topological polar surface area (TPSA) is 77.0 Å². The summed E-state index contributed by atoms with van der Waals surface area (Å²) >= 11 is 0. The number of hydrogen-bond donors (Lipinski definition) is 0. The minimum Gasteiger partial charge on any atom is -0.294 e. The summed E-state index contributed by atoms with van der Waals surface area (Å²) in [6.07, 6.45) is 1.11. The van der Waals surface area contributed by atoms with Crippen molar-refractivity contribution in [1.29, 1.82) is 0 Å². The lowest BCUT2D eigenvalue weighted by atomic mass is 10.1. The smallest absolute Gasteiger partial charge is 0.165 e. The highest BCUT2D eigenvalue weighted by Crippen LogP contribution is 2.09. The number of hydrogen-bond acceptors (Lipinski definition) is 5. The van der Waals surface area contributed by atoms with Gasteiger partial charge >= 0.3 is 0 Å². The number of carbonyl (C=O) groups is 1. The van der Waals surface area contributed by atoms with Gasteiger partial charge in [0.25, 0.3) is 0 Å². The average Bonchev–Trinajstić information content (AvgIpc) is 2.17. The Morgan fingerprint density at radius 1 is 1.31 bits per heavy atom. The van der Waals surface area contributed by atoms with Crippen molar-refractivity contribution in [3.63, 3.8) is 0 Å². The normalized spacial score (nSPS) is 11.4. The van der Waals surface area contributed by atoms with Gasteiger partial charge in [0.05, 0.1) is 17.1 Å². The van der Waals surface area contributed by atoms with Crippen LogP contribution in [0.2, 0.25) is 0 Å². The molecule has 0 radical (unpaired) electrons. The SMILES string of the molecule is Cc1cc(C(=O)CCS(C)(=O)=O)c(C)nn1. The molecular weight excluding hydrogens is 228 g/mol. The molecule has 0 atom stereocenters. The first-order valence-electron chi connectivity index (χ1n) is 4.81. The number of aryl methyl sites for hydroxylation is 2. The molecule has 6 heteroatoms. The minimum absolute atomic E-state index is 0.00912. The summed E-state index contributed by atoms with van der Waals surface area (Å²) in [5, 5.41) is 7.63. The Labute approximate surface area is 94.8 Å². The van der Waals surface area contributed by atoms with Gasteiger partial charge in [0, 0.05) is 18.2 Å². The molecule has 88 valence electrons. The summed E-state index contributed by atoms with van der Waals surface area (Å²) < 4.78 is 21.9. The molecule has 0 spiro atoms. The Kier molecular flexibility index (Phi) is 3.74. The van der Waals surface area contributed by atoms with E-state index in [1.807, 2.05) is 0 Å². The molecule has 1 rings (SSSR count). The van der Waals surface area contributed by atoms with E-state index in [-0.39, 0.29) is 18.0 Å². The van der Waals surface area contributed by atoms with E-state index in [1.54, 1.807) is 19.9 Å². The second kappa shape index (κ2) is 4.69. The molecule has 16 heavy (non-hydrogen) atoms. The number of sulfone groups is 1. The molecule has 0 N–H and O–H groups in total. The first-order valence-corrected chi connectivity index (χ1v) is 6.87. The predicted octanol–water partition coefficient (Wildman–Crippen LogP) is 0.711. The van der Waals surface area contributed by atoms with E-state index in [2.05, 4.69) is 10.2 Å². The number of carbonyl (C=O) groups excluding carboxylic acids is 1. The fourth-order valence-corrected chi connectivity index (χ4v) is 1.80. The molecule has 0 aromatic carbocycles. The van der Waals surface area contributed by atoms with Crippen molar-refractivity contribution >= 4 is 15.6 Å². The van der Waals surface area contributed by atoms with E-state index in [4.69, 9.17) is 0 Å². The predicted molar refractivity (Wildman–Crippen MR) is 60.2 cm³/mol. The van der Waals surface area contributed by atoms with E-state index in [1.165, 1.54) is 0 Å². The van der Waals surface area contributed by atoms with Crippen molar-refractivity contribution in [2.75, 3.05) is 12.0 Å². The van der Waals surface area contributed by atoms with Gasteiger partial charge in [0.1, 0.15) is 9.84 Å². The van der Waals surface area contributed by atoms with E-state index >= 15 is 0 Å². The lowest BCUT2D eigenvalue weighted by molar-refractivity contribution is 0.0987. The third kappa shape index (κ3) is 3.69. The van der Waals surface area contributed by atoms with Gasteiger partial charge in [-0.15, -0.1) is 0 Å². The Balaban J connectivity index is 2.85. The molecule has 0 saturated carbocycles. The quantitative estimate of drug-likeness (QED) is 0.727. The van der Waals surface area contributed by atoms with Crippen LogP contribution in [0.25, 0.3) is 0 Å². The molecule has 0 aliphatic heterocycles. The van der Waals surface area contributed by atoms with E-state index in [0.717, 1.165) is 6.26 Å². The van der Waals surface area contributed by atoms with E-state index in [9.17, 15) is 13.2 Å². The van der Waals surface area contributed by atoms with Crippen molar-refractivity contribution in [3.8, 4) is 0 Å². The van der Waals surface area contributed by atoms with Gasteiger partial charge in [-0.2, -0.15) is 10.2 Å². The molecule has 0 amide bonds. The molecule has 5 nitrogen and oxygen atoms in total. The maximum atomic E-state index is 11.7. The van der Waals surface area contributed by atoms with Gasteiger partial charge in [0.15, 0.2) is 5.78 Å². The molecule has 0 fully saturated rings. The largest absolute Gasteiger partial charge is 0.294 e. The first-order chi connectivity index (χ1) is 7.29. The highest BCUT2D eigenvalue weighted by Gasteiger charge is 2.13. The number of ketones is 1. The number of nitrogens with zero attached hydrogens (tertiary/aromatic N) is 2. The first kappa shape index (κ1) is 12.8. The molecule has 1 aromatic heterocycles. The zero-order valence-corrected chi connectivity index (χ0v) is 10.3. The fourth-order valence-electron chi connectivity index (χ4n) is 1.24. The molecule has 0 aliphatic carbocycles. The minimum atomic E-state index is -3.11. The van der Waals surface area contributed by atoms with Crippen molar-refractivity contribution in [3.05, 3.63) is 23.0 Å². The van der Waals surface area contributed by atoms with Crippen LogP contribution >= 0.6 is 0 Å². The van der Waals surface area contributed by atoms with Gasteiger partial charge in [-0.3, -0.25) is 4.79 Å². The maximum absolute atomic E-state index is 11.7. The van der Waals surface area contributed by atoms with Crippen LogP contribution < -0.4 is 0 Å². The molecule has 1 heterocycles. The zero-order chi connectivity index (χ0) is 12.3. The van der Waals surface area contributed by atoms with Crippen LogP contribution in [0.15, 0.2) is 6.07 Å². The third-order valence-corrected chi connectivity index (χ3v) is 3.05. The molecule has 0 bridgehead atoms. The van der Waals surface area contributed by atoms with Crippen LogP contribution in [0.4, 0.5) is 0 Å². The maximum Gasteiger partial charge on any atom is 0.165 e. The van der Waals surface area contributed by atoms with Crippen LogP contribution in [0.3, 0.4) is 0 Å². The molecule has 0 unspecified atom stereocenters. The number of rotatable bonds is 4. The Morgan fingerprint density at radius 2 is 1.94 bits per heavy atom. The van der Waals surface area contributed by atoms with Crippen LogP contribution in [0.5, 0.6) is 0 Å². The highest BCUT2D eigenvalue weighted by molar-refractivity contribution is 7.90. The van der Waals surface area contributed by atoms with Crippen LogP contribution in [-0.2, 0) is 9.84 Å². The third-order valence-electron chi connectivity index (χ3n) is 2.10. The van der Waals surface area contributed by atoms with Crippen LogP contribution in [-0.4, -0.2) is 36.4 Å². The second-order valence-corrected chi connectivity index (χ2v) is 6.05. The summed E-state index contributed by atoms with van der Waals surface area (Å²) in [4.78, 5) is 11.7. The average molecular weight is 242 g/mol. The summed E-state index contributed by atoms with van der Waals surface area (Å²) in [6, 6.07) is 1.63. The summed E-state index contributed by atoms with van der Waals surface area (Å²) in [5.41, 5.74) is 1.63. The fraction of sp³-hybridized carbons (Fsp3) is 0.500. The van der Waals surface area contributed by atoms with E-state index in [0.29, 0.717) is 17.0 Å². The van der Waals surface area contributed by atoms with Gasteiger partial charge in [-0.25, -0.2) is 8.42 Å². The summed E-state index contributed by atoms with van der Waals surface area (Å²) in [5.74, 6) is -0.340. The molecule has 0 saturated heterocycles. The summed E-state index contributed by atoms with van der Waals surface area (Å²) in [7, 11) is -3.11. The van der Waals surface area contributed by atoms with Crippen LogP contribution in [0.1, 0.15) is 28.2 Å². The number of Topliss-reactive ketones (excluding diaryl/α,β-unsaturated/α-hetero) is 1. The van der Waals surface area contributed by atoms with Gasteiger partial charge in [-0.05, 0) is 19.9 Å². The molecular formula is C10H14N2O3S. The number of aromatic nitrogens is 2. The highest BCUT2D eigenvalue weighted by atomic mass is 32.2. The standard InChI is InChI=1S/C10H14N2O3S/c1-7-6-9(8(2)12-11-7)10(13)4-5-16(3,14)15/h6H,4-5H2,1-3H3. The van der Waals surface area contributed by atoms with Crippen molar-refractivity contribution < 1.29 is 13.2 Å². The van der Waals surface area contributed by atoms with Crippen molar-refractivity contribution in [1.82, 2.24) is 10.2 Å².